The molecule has 0 unspecified atom stereocenters. The summed E-state index contributed by atoms with van der Waals surface area (Å²) in [5, 5.41) is 20.4. The smallest absolute Gasteiger partial charge is 0.339 e. The molecule has 0 bridgehead atoms. The van der Waals surface area contributed by atoms with Crippen LogP contribution in [-0.4, -0.2) is 39.9 Å². The zero-order valence-corrected chi connectivity index (χ0v) is 11.9. The van der Waals surface area contributed by atoms with Crippen molar-refractivity contribution in [1.29, 1.82) is 0 Å². The minimum atomic E-state index is -0.972. The van der Waals surface area contributed by atoms with Crippen LogP contribution < -0.4 is 4.90 Å². The summed E-state index contributed by atoms with van der Waals surface area (Å²) in [5.74, 6) is -0.972. The molecular formula is C16H18N2O3. The molecule has 1 saturated heterocycles. The zero-order valence-electron chi connectivity index (χ0n) is 11.9. The largest absolute Gasteiger partial charge is 0.478 e. The lowest BCUT2D eigenvalue weighted by Crippen LogP contribution is -2.43. The number of para-hydroxylation sites is 1. The van der Waals surface area contributed by atoms with E-state index in [2.05, 4.69) is 4.98 Å². The van der Waals surface area contributed by atoms with Crippen molar-refractivity contribution in [2.24, 2.45) is 0 Å². The van der Waals surface area contributed by atoms with Crippen LogP contribution in [0.5, 0.6) is 0 Å². The second kappa shape index (κ2) is 5.00. The van der Waals surface area contributed by atoms with Crippen LogP contribution in [0.4, 0.5) is 5.69 Å². The molecule has 0 amide bonds. The molecule has 1 aromatic carbocycles. The standard InChI is InChI=1S/C16H18N2O3/c1-16(21)6-8-18(9-7-16)14-11-4-2-3-5-13(11)17-10-12(14)15(19)20/h2-5,10,21H,6-9H2,1H3,(H,19,20). The summed E-state index contributed by atoms with van der Waals surface area (Å²) in [6.45, 7) is 3.11. The van der Waals surface area contributed by atoms with Gasteiger partial charge in [-0.2, -0.15) is 0 Å². The monoisotopic (exact) mass is 286 g/mol. The summed E-state index contributed by atoms with van der Waals surface area (Å²) >= 11 is 0. The number of aromatic nitrogens is 1. The van der Waals surface area contributed by atoms with Crippen LogP contribution in [0.3, 0.4) is 0 Å². The van der Waals surface area contributed by atoms with Crippen molar-refractivity contribution in [1.82, 2.24) is 4.98 Å². The number of hydrogen-bond acceptors (Lipinski definition) is 4. The van der Waals surface area contributed by atoms with Crippen molar-refractivity contribution in [3.8, 4) is 0 Å². The molecule has 5 heteroatoms. The van der Waals surface area contributed by atoms with Crippen LogP contribution in [0.2, 0.25) is 0 Å². The molecule has 2 aromatic rings. The number of rotatable bonds is 2. The van der Waals surface area contributed by atoms with Crippen LogP contribution in [0.25, 0.3) is 10.9 Å². The molecule has 0 atom stereocenters. The van der Waals surface area contributed by atoms with E-state index in [4.69, 9.17) is 0 Å². The Bertz CT molecular complexity index is 687. The predicted molar refractivity (Wildman–Crippen MR) is 80.8 cm³/mol. The maximum Gasteiger partial charge on any atom is 0.339 e. The molecule has 0 aliphatic carbocycles. The molecular weight excluding hydrogens is 268 g/mol. The number of nitrogens with zero attached hydrogens (tertiary/aromatic N) is 2. The van der Waals surface area contributed by atoms with Crippen LogP contribution in [0.1, 0.15) is 30.1 Å². The first kappa shape index (κ1) is 13.8. The predicted octanol–water partition coefficient (Wildman–Crippen LogP) is 2.28. The number of aromatic carboxylic acids is 1. The number of carbonyl (C=O) groups is 1. The molecule has 110 valence electrons. The van der Waals surface area contributed by atoms with Gasteiger partial charge in [0.1, 0.15) is 5.56 Å². The second-order valence-electron chi connectivity index (χ2n) is 5.83. The number of carboxylic acids is 1. The third kappa shape index (κ3) is 2.56. The van der Waals surface area contributed by atoms with Gasteiger partial charge >= 0.3 is 5.97 Å². The van der Waals surface area contributed by atoms with Gasteiger partial charge < -0.3 is 15.1 Å². The minimum absolute atomic E-state index is 0.218. The molecule has 2 N–H and O–H groups in total. The SMILES string of the molecule is CC1(O)CCN(c2c(C(=O)O)cnc3ccccc23)CC1. The lowest BCUT2D eigenvalue weighted by atomic mass is 9.93. The number of anilines is 1. The Balaban J connectivity index is 2.11. The Labute approximate surface area is 122 Å². The number of piperidine rings is 1. The number of fused-ring (bicyclic) bond motifs is 1. The van der Waals surface area contributed by atoms with E-state index in [1.807, 2.05) is 36.1 Å². The van der Waals surface area contributed by atoms with Gasteiger partial charge in [0.25, 0.3) is 0 Å². The number of benzene rings is 1. The normalized spacial score (nSPS) is 17.9. The first-order valence-corrected chi connectivity index (χ1v) is 7.06. The highest BCUT2D eigenvalue weighted by atomic mass is 16.4. The van der Waals surface area contributed by atoms with E-state index < -0.39 is 11.6 Å². The molecule has 21 heavy (non-hydrogen) atoms. The van der Waals surface area contributed by atoms with Crippen molar-refractivity contribution in [2.75, 3.05) is 18.0 Å². The number of carboxylic acid groups (broad SMARTS) is 1. The first-order chi connectivity index (χ1) is 9.98. The van der Waals surface area contributed by atoms with Crippen molar-refractivity contribution in [3.63, 3.8) is 0 Å². The fourth-order valence-corrected chi connectivity index (χ4v) is 2.84. The molecule has 1 aromatic heterocycles. The lowest BCUT2D eigenvalue weighted by Gasteiger charge is -2.38. The fourth-order valence-electron chi connectivity index (χ4n) is 2.84. The van der Waals surface area contributed by atoms with Gasteiger partial charge in [0.05, 0.1) is 16.8 Å². The Morgan fingerprint density at radius 2 is 1.95 bits per heavy atom. The van der Waals surface area contributed by atoms with Crippen molar-refractivity contribution in [2.45, 2.75) is 25.4 Å². The van der Waals surface area contributed by atoms with E-state index in [0.29, 0.717) is 31.6 Å². The van der Waals surface area contributed by atoms with Gasteiger partial charge in [-0.15, -0.1) is 0 Å². The number of hydrogen-bond donors (Lipinski definition) is 2. The molecule has 1 aliphatic rings. The van der Waals surface area contributed by atoms with E-state index >= 15 is 0 Å². The van der Waals surface area contributed by atoms with Gasteiger partial charge in [0.2, 0.25) is 0 Å². The van der Waals surface area contributed by atoms with Gasteiger partial charge in [0.15, 0.2) is 0 Å². The number of pyridine rings is 1. The summed E-state index contributed by atoms with van der Waals surface area (Å²) in [6.07, 6.45) is 2.68. The highest BCUT2D eigenvalue weighted by Crippen LogP contribution is 2.33. The van der Waals surface area contributed by atoms with Crippen LogP contribution in [-0.2, 0) is 0 Å². The second-order valence-corrected chi connectivity index (χ2v) is 5.83. The number of aliphatic hydroxyl groups is 1. The van der Waals surface area contributed by atoms with Crippen molar-refractivity contribution in [3.05, 3.63) is 36.0 Å². The Hall–Kier alpha value is -2.14. The van der Waals surface area contributed by atoms with Crippen LogP contribution in [0.15, 0.2) is 30.5 Å². The molecule has 1 aliphatic heterocycles. The topological polar surface area (TPSA) is 73.7 Å². The van der Waals surface area contributed by atoms with E-state index in [9.17, 15) is 15.0 Å². The first-order valence-electron chi connectivity index (χ1n) is 7.06. The van der Waals surface area contributed by atoms with Gasteiger partial charge in [-0.1, -0.05) is 18.2 Å². The fraction of sp³-hybridized carbons (Fsp3) is 0.375. The summed E-state index contributed by atoms with van der Waals surface area (Å²) in [6, 6.07) is 7.56. The molecule has 1 fully saturated rings. The Morgan fingerprint density at radius 3 is 2.62 bits per heavy atom. The lowest BCUT2D eigenvalue weighted by molar-refractivity contribution is 0.0351. The van der Waals surface area contributed by atoms with E-state index in [1.54, 1.807) is 0 Å². The summed E-state index contributed by atoms with van der Waals surface area (Å²) in [4.78, 5) is 17.8. The summed E-state index contributed by atoms with van der Waals surface area (Å²) in [5.41, 5.74) is 1.05. The van der Waals surface area contributed by atoms with Crippen LogP contribution >= 0.6 is 0 Å². The third-order valence-corrected chi connectivity index (χ3v) is 4.13. The van der Waals surface area contributed by atoms with E-state index in [-0.39, 0.29) is 5.56 Å². The average Bonchev–Trinajstić information content (AvgIpc) is 2.46. The van der Waals surface area contributed by atoms with Gasteiger partial charge in [-0.05, 0) is 25.8 Å². The Kier molecular flexibility index (Phi) is 3.29. The molecule has 0 radical (unpaired) electrons. The van der Waals surface area contributed by atoms with E-state index in [0.717, 1.165) is 10.9 Å². The van der Waals surface area contributed by atoms with Crippen molar-refractivity contribution >= 4 is 22.6 Å². The molecule has 5 nitrogen and oxygen atoms in total. The van der Waals surface area contributed by atoms with E-state index in [1.165, 1.54) is 6.20 Å². The molecule has 3 rings (SSSR count). The zero-order chi connectivity index (χ0) is 15.0. The minimum Gasteiger partial charge on any atom is -0.478 e. The van der Waals surface area contributed by atoms with Gasteiger partial charge in [-0.3, -0.25) is 4.98 Å². The third-order valence-electron chi connectivity index (χ3n) is 4.13. The van der Waals surface area contributed by atoms with Crippen LogP contribution in [0, 0.1) is 0 Å². The molecule has 0 spiro atoms. The van der Waals surface area contributed by atoms with Crippen molar-refractivity contribution < 1.29 is 15.0 Å². The summed E-state index contributed by atoms with van der Waals surface area (Å²) < 4.78 is 0. The Morgan fingerprint density at radius 1 is 1.29 bits per heavy atom. The summed E-state index contributed by atoms with van der Waals surface area (Å²) in [7, 11) is 0. The van der Waals surface area contributed by atoms with Gasteiger partial charge in [0, 0.05) is 24.7 Å². The molecule has 2 heterocycles. The van der Waals surface area contributed by atoms with Gasteiger partial charge in [-0.25, -0.2) is 4.79 Å². The highest BCUT2D eigenvalue weighted by Gasteiger charge is 2.30. The average molecular weight is 286 g/mol. The quantitative estimate of drug-likeness (QED) is 0.886. The highest BCUT2D eigenvalue weighted by molar-refractivity contribution is 6.04. The maximum atomic E-state index is 11.5. The molecule has 0 saturated carbocycles. The maximum absolute atomic E-state index is 11.5.